The maximum Gasteiger partial charge on any atom is 0.354 e. The highest BCUT2D eigenvalue weighted by Gasteiger charge is 2.61. The molecular formula is C17H17N3O5. The lowest BCUT2D eigenvalue weighted by Gasteiger charge is -2.47. The van der Waals surface area contributed by atoms with Gasteiger partial charge < -0.3 is 15.4 Å². The smallest absolute Gasteiger partial charge is 0.354 e. The number of hydrogen-bond acceptors (Lipinski definition) is 5. The van der Waals surface area contributed by atoms with Crippen molar-refractivity contribution in [1.29, 1.82) is 0 Å². The number of hydrogen-bond donors (Lipinski definition) is 1. The van der Waals surface area contributed by atoms with Crippen LogP contribution in [0.15, 0.2) is 36.9 Å². The topological polar surface area (TPSA) is 110 Å². The van der Waals surface area contributed by atoms with Gasteiger partial charge in [-0.2, -0.15) is 0 Å². The molecule has 2 aliphatic heterocycles. The molecule has 2 heterocycles. The molecule has 0 saturated carbocycles. The number of benzene rings is 1. The van der Waals surface area contributed by atoms with Crippen LogP contribution >= 0.6 is 0 Å². The summed E-state index contributed by atoms with van der Waals surface area (Å²) in [6, 6.07) is 6.57. The number of anilines is 1. The second-order valence-corrected chi connectivity index (χ2v) is 5.81. The number of rotatable bonds is 5. The SMILES string of the molecule is C=CCN1C(=O)c2ccccc2N2C(=O)CC[C@]12C(=O)OCC(N)=O. The number of ether oxygens (including phenoxy) is 1. The Balaban J connectivity index is 2.16. The Bertz CT molecular complexity index is 790. The quantitative estimate of drug-likeness (QED) is 0.606. The van der Waals surface area contributed by atoms with E-state index in [2.05, 4.69) is 6.58 Å². The van der Waals surface area contributed by atoms with Gasteiger partial charge in [-0.1, -0.05) is 18.2 Å². The number of primary amides is 1. The van der Waals surface area contributed by atoms with E-state index in [1.807, 2.05) is 0 Å². The molecule has 0 aliphatic carbocycles. The molecular weight excluding hydrogens is 326 g/mol. The van der Waals surface area contributed by atoms with Crippen molar-refractivity contribution >= 4 is 29.4 Å². The van der Waals surface area contributed by atoms with Crippen molar-refractivity contribution in [2.24, 2.45) is 5.73 Å². The van der Waals surface area contributed by atoms with E-state index in [-0.39, 0.29) is 25.3 Å². The fourth-order valence-electron chi connectivity index (χ4n) is 3.38. The minimum Gasteiger partial charge on any atom is -0.452 e. The maximum atomic E-state index is 12.9. The second-order valence-electron chi connectivity index (χ2n) is 5.81. The van der Waals surface area contributed by atoms with Gasteiger partial charge in [-0.15, -0.1) is 6.58 Å². The first-order valence-electron chi connectivity index (χ1n) is 7.74. The normalized spacial score (nSPS) is 21.6. The van der Waals surface area contributed by atoms with Crippen LogP contribution in [0.5, 0.6) is 0 Å². The van der Waals surface area contributed by atoms with Gasteiger partial charge in [0.05, 0.1) is 11.3 Å². The van der Waals surface area contributed by atoms with Crippen molar-refractivity contribution in [1.82, 2.24) is 4.90 Å². The Labute approximate surface area is 143 Å². The molecule has 1 saturated heterocycles. The van der Waals surface area contributed by atoms with E-state index >= 15 is 0 Å². The first kappa shape index (κ1) is 16.7. The van der Waals surface area contributed by atoms with Crippen LogP contribution in [0.1, 0.15) is 23.2 Å². The highest BCUT2D eigenvalue weighted by Crippen LogP contribution is 2.44. The molecule has 0 spiro atoms. The van der Waals surface area contributed by atoms with E-state index in [1.54, 1.807) is 24.3 Å². The fourth-order valence-corrected chi connectivity index (χ4v) is 3.38. The van der Waals surface area contributed by atoms with Crippen LogP contribution in [0.3, 0.4) is 0 Å². The number of para-hydroxylation sites is 1. The molecule has 25 heavy (non-hydrogen) atoms. The number of amides is 3. The van der Waals surface area contributed by atoms with E-state index in [1.165, 1.54) is 15.9 Å². The van der Waals surface area contributed by atoms with Crippen LogP contribution in [-0.4, -0.2) is 47.4 Å². The minimum absolute atomic E-state index is 0.0443. The molecule has 2 aliphatic rings. The summed E-state index contributed by atoms with van der Waals surface area (Å²) >= 11 is 0. The van der Waals surface area contributed by atoms with E-state index in [4.69, 9.17) is 10.5 Å². The molecule has 1 fully saturated rings. The highest BCUT2D eigenvalue weighted by molar-refractivity contribution is 6.15. The van der Waals surface area contributed by atoms with E-state index < -0.39 is 30.1 Å². The summed E-state index contributed by atoms with van der Waals surface area (Å²) in [5, 5.41) is 0. The molecule has 1 aromatic rings. The summed E-state index contributed by atoms with van der Waals surface area (Å²) in [6.45, 7) is 3.04. The average molecular weight is 343 g/mol. The van der Waals surface area contributed by atoms with E-state index in [0.29, 0.717) is 11.3 Å². The largest absolute Gasteiger partial charge is 0.452 e. The predicted octanol–water partition coefficient (Wildman–Crippen LogP) is 0.180. The van der Waals surface area contributed by atoms with Gasteiger partial charge in [0, 0.05) is 19.4 Å². The van der Waals surface area contributed by atoms with Crippen molar-refractivity contribution in [2.75, 3.05) is 18.1 Å². The lowest BCUT2D eigenvalue weighted by Crippen LogP contribution is -2.68. The van der Waals surface area contributed by atoms with Crippen molar-refractivity contribution < 1.29 is 23.9 Å². The van der Waals surface area contributed by atoms with Crippen molar-refractivity contribution in [3.63, 3.8) is 0 Å². The molecule has 130 valence electrons. The maximum absolute atomic E-state index is 12.9. The fraction of sp³-hybridized carbons (Fsp3) is 0.294. The van der Waals surface area contributed by atoms with Gasteiger partial charge in [-0.3, -0.25) is 19.3 Å². The summed E-state index contributed by atoms with van der Waals surface area (Å²) in [7, 11) is 0. The second kappa shape index (κ2) is 6.04. The summed E-state index contributed by atoms with van der Waals surface area (Å²) in [6.07, 6.45) is 1.61. The molecule has 3 amide bonds. The molecule has 8 nitrogen and oxygen atoms in total. The molecule has 0 radical (unpaired) electrons. The van der Waals surface area contributed by atoms with Gasteiger partial charge in [0.2, 0.25) is 11.6 Å². The molecule has 8 heteroatoms. The van der Waals surface area contributed by atoms with E-state index in [9.17, 15) is 19.2 Å². The van der Waals surface area contributed by atoms with E-state index in [0.717, 1.165) is 0 Å². The van der Waals surface area contributed by atoms with Gasteiger partial charge >= 0.3 is 5.97 Å². The zero-order valence-electron chi connectivity index (χ0n) is 13.4. The monoisotopic (exact) mass is 343 g/mol. The number of carbonyl (C=O) groups excluding carboxylic acids is 4. The summed E-state index contributed by atoms with van der Waals surface area (Å²) in [5.74, 6) is -2.39. The minimum atomic E-state index is -1.63. The van der Waals surface area contributed by atoms with Crippen LogP contribution in [0.2, 0.25) is 0 Å². The summed E-state index contributed by atoms with van der Waals surface area (Å²) in [5.41, 5.74) is 4.07. The molecule has 0 unspecified atom stereocenters. The van der Waals surface area contributed by atoms with Crippen LogP contribution in [0, 0.1) is 0 Å². The number of nitrogens with zero attached hydrogens (tertiary/aromatic N) is 2. The third-order valence-electron chi connectivity index (χ3n) is 4.36. The number of carbonyl (C=O) groups is 4. The predicted molar refractivity (Wildman–Crippen MR) is 87.3 cm³/mol. The van der Waals surface area contributed by atoms with Gasteiger partial charge in [-0.25, -0.2) is 4.79 Å². The molecule has 0 bridgehead atoms. The Morgan fingerprint density at radius 1 is 1.32 bits per heavy atom. The van der Waals surface area contributed by atoms with Crippen LogP contribution in [-0.2, 0) is 19.1 Å². The number of esters is 1. The number of fused-ring (bicyclic) bond motifs is 3. The third-order valence-corrected chi connectivity index (χ3v) is 4.36. The van der Waals surface area contributed by atoms with Crippen molar-refractivity contribution in [3.8, 4) is 0 Å². The zero-order chi connectivity index (χ0) is 18.2. The summed E-state index contributed by atoms with van der Waals surface area (Å²) < 4.78 is 5.00. The molecule has 2 N–H and O–H groups in total. The van der Waals surface area contributed by atoms with Crippen molar-refractivity contribution in [2.45, 2.75) is 18.5 Å². The molecule has 3 rings (SSSR count). The first-order chi connectivity index (χ1) is 11.9. The average Bonchev–Trinajstić information content (AvgIpc) is 2.95. The van der Waals surface area contributed by atoms with Crippen molar-refractivity contribution in [3.05, 3.63) is 42.5 Å². The Morgan fingerprint density at radius 2 is 2.04 bits per heavy atom. The Morgan fingerprint density at radius 3 is 2.72 bits per heavy atom. The zero-order valence-corrected chi connectivity index (χ0v) is 13.4. The Kier molecular flexibility index (Phi) is 4.03. The third kappa shape index (κ3) is 2.37. The summed E-state index contributed by atoms with van der Waals surface area (Å²) in [4.78, 5) is 51.8. The Hall–Kier alpha value is -3.16. The van der Waals surface area contributed by atoms with Gasteiger partial charge in [0.15, 0.2) is 6.61 Å². The van der Waals surface area contributed by atoms with Crippen LogP contribution in [0.25, 0.3) is 0 Å². The van der Waals surface area contributed by atoms with Crippen LogP contribution < -0.4 is 10.6 Å². The lowest BCUT2D eigenvalue weighted by atomic mass is 9.96. The lowest BCUT2D eigenvalue weighted by molar-refractivity contribution is -0.159. The number of nitrogens with two attached hydrogens (primary N) is 1. The highest BCUT2D eigenvalue weighted by atomic mass is 16.5. The molecule has 1 atom stereocenters. The molecule has 0 aromatic heterocycles. The van der Waals surface area contributed by atoms with Crippen LogP contribution in [0.4, 0.5) is 5.69 Å². The van der Waals surface area contributed by atoms with Gasteiger partial charge in [0.25, 0.3) is 11.8 Å². The standard InChI is InChI=1S/C17H17N3O5/c1-2-9-19-15(23)11-5-3-4-6-12(11)20-14(22)7-8-17(19,20)16(24)25-10-13(18)21/h2-6H,1,7-10H2,(H2,18,21)/t17-/m0/s1. The first-order valence-corrected chi connectivity index (χ1v) is 7.74. The van der Waals surface area contributed by atoms with Gasteiger partial charge in [0.1, 0.15) is 0 Å². The van der Waals surface area contributed by atoms with Gasteiger partial charge in [-0.05, 0) is 12.1 Å². The molecule has 1 aromatic carbocycles.